The van der Waals surface area contributed by atoms with Crippen molar-refractivity contribution in [3.8, 4) is 17.0 Å². The van der Waals surface area contributed by atoms with E-state index in [-0.39, 0.29) is 18.2 Å². The molecule has 1 fully saturated rings. The second-order valence-electron chi connectivity index (χ2n) is 7.19. The third kappa shape index (κ3) is 3.30. The first-order chi connectivity index (χ1) is 14.0. The number of hydrogen-bond acceptors (Lipinski definition) is 5. The lowest BCUT2D eigenvalue weighted by molar-refractivity contribution is 0.0997. The van der Waals surface area contributed by atoms with E-state index in [1.807, 2.05) is 22.7 Å². The fraction of sp³-hybridized carbons (Fsp3) is 0.238. The van der Waals surface area contributed by atoms with Crippen molar-refractivity contribution < 1.29 is 13.9 Å². The molecule has 0 spiro atoms. The third-order valence-electron chi connectivity index (χ3n) is 5.48. The van der Waals surface area contributed by atoms with Crippen molar-refractivity contribution in [2.45, 2.75) is 12.3 Å². The van der Waals surface area contributed by atoms with Gasteiger partial charge in [0, 0.05) is 24.4 Å². The smallest absolute Gasteiger partial charge is 0.252 e. The lowest BCUT2D eigenvalue weighted by atomic mass is 9.96. The quantitative estimate of drug-likeness (QED) is 0.497. The number of carbonyl (C=O) groups excluding carboxylic acids is 1. The predicted molar refractivity (Wildman–Crippen MR) is 119 cm³/mol. The fourth-order valence-electron chi connectivity index (χ4n) is 3.95. The van der Waals surface area contributed by atoms with Gasteiger partial charge in [0.2, 0.25) is 0 Å². The summed E-state index contributed by atoms with van der Waals surface area (Å²) >= 11 is 1.42. The summed E-state index contributed by atoms with van der Waals surface area (Å²) in [5.41, 5.74) is 8.67. The van der Waals surface area contributed by atoms with Gasteiger partial charge in [-0.05, 0) is 42.6 Å². The summed E-state index contributed by atoms with van der Waals surface area (Å²) in [6, 6.07) is 8.89. The second kappa shape index (κ2) is 7.86. The van der Waals surface area contributed by atoms with E-state index >= 15 is 0 Å². The molecule has 0 radical (unpaired) electrons. The Morgan fingerprint density at radius 2 is 2.20 bits per heavy atom. The van der Waals surface area contributed by atoms with Crippen LogP contribution in [0.4, 0.5) is 4.39 Å². The van der Waals surface area contributed by atoms with E-state index in [0.717, 1.165) is 35.3 Å². The van der Waals surface area contributed by atoms with Gasteiger partial charge in [-0.1, -0.05) is 17.4 Å². The normalized spacial score (nSPS) is 16.1. The first kappa shape index (κ1) is 20.6. The highest BCUT2D eigenvalue weighted by Gasteiger charge is 2.20. The standard InChI is InChI=1S/C21H19FN4O2S.ClH/c1-28-18-8-17-19(7-14(18)20(23)27)29-21-25-16(10-26(17)21)13-3-2-11(6-15(13)22)12-4-5-24-9-12;/h2-3,6-8,10,12,24H,4-5,9H2,1H3,(H2,23,27);1H. The van der Waals surface area contributed by atoms with Gasteiger partial charge in [0.1, 0.15) is 11.6 Å². The molecule has 5 rings (SSSR count). The molecule has 1 atom stereocenters. The van der Waals surface area contributed by atoms with Crippen LogP contribution in [-0.4, -0.2) is 35.5 Å². The summed E-state index contributed by atoms with van der Waals surface area (Å²) in [7, 11) is 1.49. The van der Waals surface area contributed by atoms with Gasteiger partial charge in [0.15, 0.2) is 4.96 Å². The van der Waals surface area contributed by atoms with Crippen LogP contribution in [0, 0.1) is 5.82 Å². The number of ether oxygens (including phenoxy) is 1. The minimum absolute atomic E-state index is 0. The summed E-state index contributed by atoms with van der Waals surface area (Å²) in [6.45, 7) is 1.86. The number of carbonyl (C=O) groups is 1. The van der Waals surface area contributed by atoms with E-state index in [2.05, 4.69) is 10.3 Å². The van der Waals surface area contributed by atoms with Crippen LogP contribution < -0.4 is 15.8 Å². The van der Waals surface area contributed by atoms with Gasteiger partial charge >= 0.3 is 0 Å². The van der Waals surface area contributed by atoms with Gasteiger partial charge in [-0.25, -0.2) is 9.37 Å². The Hall–Kier alpha value is -2.68. The van der Waals surface area contributed by atoms with E-state index < -0.39 is 5.91 Å². The van der Waals surface area contributed by atoms with Crippen LogP contribution >= 0.6 is 23.7 Å². The molecule has 4 aromatic rings. The molecule has 1 amide bonds. The minimum Gasteiger partial charge on any atom is -0.496 e. The molecule has 9 heteroatoms. The van der Waals surface area contributed by atoms with E-state index in [4.69, 9.17) is 10.5 Å². The maximum absolute atomic E-state index is 14.9. The molecular weight excluding hydrogens is 427 g/mol. The molecule has 3 heterocycles. The Morgan fingerprint density at radius 3 is 2.87 bits per heavy atom. The van der Waals surface area contributed by atoms with Crippen molar-refractivity contribution >= 4 is 44.8 Å². The number of fused-ring (bicyclic) bond motifs is 3. The Balaban J connectivity index is 0.00000218. The molecule has 1 unspecified atom stereocenters. The average Bonchev–Trinajstić information content (AvgIpc) is 3.43. The van der Waals surface area contributed by atoms with E-state index in [1.54, 1.807) is 18.2 Å². The fourth-order valence-corrected chi connectivity index (χ4v) is 4.98. The lowest BCUT2D eigenvalue weighted by Gasteiger charge is -2.10. The zero-order valence-electron chi connectivity index (χ0n) is 16.1. The molecule has 1 aliphatic heterocycles. The number of amides is 1. The van der Waals surface area contributed by atoms with Crippen LogP contribution in [0.1, 0.15) is 28.3 Å². The maximum atomic E-state index is 14.9. The number of aromatic nitrogens is 2. The van der Waals surface area contributed by atoms with Gasteiger partial charge < -0.3 is 15.8 Å². The molecule has 30 heavy (non-hydrogen) atoms. The lowest BCUT2D eigenvalue weighted by Crippen LogP contribution is -2.12. The van der Waals surface area contributed by atoms with Gasteiger partial charge in [-0.3, -0.25) is 9.20 Å². The number of thiazole rings is 1. The Kier molecular flexibility index (Phi) is 5.40. The van der Waals surface area contributed by atoms with E-state index in [9.17, 15) is 9.18 Å². The molecule has 0 aliphatic carbocycles. The van der Waals surface area contributed by atoms with Crippen molar-refractivity contribution in [1.82, 2.24) is 14.7 Å². The van der Waals surface area contributed by atoms with Gasteiger partial charge in [0.25, 0.3) is 5.91 Å². The second-order valence-corrected chi connectivity index (χ2v) is 8.20. The number of nitrogens with two attached hydrogens (primary N) is 1. The van der Waals surface area contributed by atoms with Crippen molar-refractivity contribution in [1.29, 1.82) is 0 Å². The van der Waals surface area contributed by atoms with Gasteiger partial charge in [-0.15, -0.1) is 12.4 Å². The molecule has 6 nitrogen and oxygen atoms in total. The largest absolute Gasteiger partial charge is 0.496 e. The zero-order chi connectivity index (χ0) is 20.1. The molecule has 0 saturated carbocycles. The molecule has 1 saturated heterocycles. The summed E-state index contributed by atoms with van der Waals surface area (Å²) in [5, 5.41) is 3.31. The van der Waals surface area contributed by atoms with Crippen molar-refractivity contribution in [3.63, 3.8) is 0 Å². The van der Waals surface area contributed by atoms with E-state index in [0.29, 0.717) is 33.4 Å². The molecule has 156 valence electrons. The van der Waals surface area contributed by atoms with E-state index in [1.165, 1.54) is 18.4 Å². The number of methoxy groups -OCH3 is 1. The molecule has 3 N–H and O–H groups in total. The Morgan fingerprint density at radius 1 is 1.37 bits per heavy atom. The summed E-state index contributed by atoms with van der Waals surface area (Å²) in [4.78, 5) is 17.0. The van der Waals surface area contributed by atoms with Crippen LogP contribution in [-0.2, 0) is 0 Å². The summed E-state index contributed by atoms with van der Waals surface area (Å²) in [5.74, 6) is -0.0475. The highest BCUT2D eigenvalue weighted by atomic mass is 35.5. The highest BCUT2D eigenvalue weighted by Crippen LogP contribution is 2.35. The number of nitrogens with one attached hydrogen (secondary N) is 1. The number of halogens is 2. The van der Waals surface area contributed by atoms with Crippen molar-refractivity contribution in [2.24, 2.45) is 5.73 Å². The van der Waals surface area contributed by atoms with Crippen LogP contribution in [0.15, 0.2) is 36.5 Å². The number of benzene rings is 2. The number of primary amides is 1. The molecule has 1 aliphatic rings. The van der Waals surface area contributed by atoms with Crippen LogP contribution in [0.5, 0.6) is 5.75 Å². The zero-order valence-corrected chi connectivity index (χ0v) is 17.8. The van der Waals surface area contributed by atoms with Crippen LogP contribution in [0.3, 0.4) is 0 Å². The Bertz CT molecular complexity index is 1260. The van der Waals surface area contributed by atoms with Crippen LogP contribution in [0.2, 0.25) is 0 Å². The molecular formula is C21H20ClFN4O2S. The molecule has 2 aromatic carbocycles. The first-order valence-corrected chi connectivity index (χ1v) is 10.2. The number of rotatable bonds is 4. The SMILES string of the molecule is COc1cc2c(cc1C(N)=O)sc1nc(-c3ccc(C4CCNC4)cc3F)cn12.Cl. The Labute approximate surface area is 182 Å². The maximum Gasteiger partial charge on any atom is 0.252 e. The van der Waals surface area contributed by atoms with Crippen molar-refractivity contribution in [2.75, 3.05) is 20.2 Å². The number of nitrogens with zero attached hydrogens (tertiary/aromatic N) is 2. The third-order valence-corrected chi connectivity index (χ3v) is 6.50. The first-order valence-electron chi connectivity index (χ1n) is 9.35. The summed E-state index contributed by atoms with van der Waals surface area (Å²) < 4.78 is 22.9. The number of imidazole rings is 1. The summed E-state index contributed by atoms with van der Waals surface area (Å²) in [6.07, 6.45) is 2.84. The molecule has 2 aromatic heterocycles. The minimum atomic E-state index is -0.546. The predicted octanol–water partition coefficient (Wildman–Crippen LogP) is 3.96. The van der Waals surface area contributed by atoms with Crippen molar-refractivity contribution in [3.05, 3.63) is 53.5 Å². The van der Waals surface area contributed by atoms with Crippen LogP contribution in [0.25, 0.3) is 26.4 Å². The monoisotopic (exact) mass is 446 g/mol. The molecule has 0 bridgehead atoms. The van der Waals surface area contributed by atoms with Gasteiger partial charge in [0.05, 0.1) is 28.6 Å². The number of hydrogen-bond donors (Lipinski definition) is 2. The highest BCUT2D eigenvalue weighted by molar-refractivity contribution is 7.23. The topological polar surface area (TPSA) is 81.7 Å². The van der Waals surface area contributed by atoms with Gasteiger partial charge in [-0.2, -0.15) is 0 Å². The average molecular weight is 447 g/mol.